The number of hydrogen-bond donors (Lipinski definition) is 1. The van der Waals surface area contributed by atoms with Crippen molar-refractivity contribution in [3.05, 3.63) is 78.8 Å². The van der Waals surface area contributed by atoms with Gasteiger partial charge in [-0.1, -0.05) is 12.1 Å². The summed E-state index contributed by atoms with van der Waals surface area (Å²) < 4.78 is 3.26. The van der Waals surface area contributed by atoms with Gasteiger partial charge in [0.2, 0.25) is 0 Å². The average Bonchev–Trinajstić information content (AvgIpc) is 3.40. The molecule has 0 saturated heterocycles. The highest BCUT2D eigenvalue weighted by atomic mass is 16.1. The molecule has 1 amide bonds. The molecule has 9 nitrogen and oxygen atoms in total. The first-order chi connectivity index (χ1) is 12.8. The van der Waals surface area contributed by atoms with Crippen LogP contribution in [0.3, 0.4) is 0 Å². The van der Waals surface area contributed by atoms with Gasteiger partial charge in [0.25, 0.3) is 5.91 Å². The molecule has 0 bridgehead atoms. The van der Waals surface area contributed by atoms with E-state index in [2.05, 4.69) is 30.8 Å². The fourth-order valence-corrected chi connectivity index (χ4v) is 2.52. The van der Waals surface area contributed by atoms with Crippen molar-refractivity contribution in [1.29, 1.82) is 0 Å². The maximum absolute atomic E-state index is 12.6. The van der Waals surface area contributed by atoms with E-state index in [1.54, 1.807) is 41.5 Å². The van der Waals surface area contributed by atoms with Crippen molar-refractivity contribution in [1.82, 2.24) is 40.1 Å². The number of pyridine rings is 1. The highest BCUT2D eigenvalue weighted by molar-refractivity contribution is 5.97. The zero-order valence-electron chi connectivity index (χ0n) is 13.6. The van der Waals surface area contributed by atoms with Crippen LogP contribution in [0.5, 0.6) is 0 Å². The molecule has 0 aliphatic carbocycles. The Labute approximate surface area is 148 Å². The summed E-state index contributed by atoms with van der Waals surface area (Å²) in [7, 11) is 0. The number of amides is 1. The summed E-state index contributed by atoms with van der Waals surface area (Å²) >= 11 is 0. The normalized spacial score (nSPS) is 10.6. The summed E-state index contributed by atoms with van der Waals surface area (Å²) in [5, 5.41) is 14.0. The fraction of sp³-hybridized carbons (Fsp3) is 0.0588. The van der Waals surface area contributed by atoms with Gasteiger partial charge in [-0.05, 0) is 40.3 Å². The van der Waals surface area contributed by atoms with E-state index in [0.29, 0.717) is 17.8 Å². The Morgan fingerprint density at radius 2 is 2.04 bits per heavy atom. The number of tetrazole rings is 1. The molecule has 1 N–H and O–H groups in total. The second kappa shape index (κ2) is 6.93. The molecule has 0 radical (unpaired) electrons. The highest BCUT2D eigenvalue weighted by Crippen LogP contribution is 2.13. The monoisotopic (exact) mass is 346 g/mol. The first-order valence-corrected chi connectivity index (χ1v) is 7.85. The van der Waals surface area contributed by atoms with Crippen molar-refractivity contribution in [2.75, 3.05) is 0 Å². The van der Waals surface area contributed by atoms with Crippen LogP contribution in [0.2, 0.25) is 0 Å². The molecule has 4 rings (SSSR count). The molecule has 0 spiro atoms. The molecule has 1 aromatic carbocycles. The third kappa shape index (κ3) is 3.18. The molecule has 0 saturated carbocycles. The van der Waals surface area contributed by atoms with E-state index >= 15 is 0 Å². The predicted molar refractivity (Wildman–Crippen MR) is 91.7 cm³/mol. The summed E-state index contributed by atoms with van der Waals surface area (Å²) in [6.07, 6.45) is 8.32. The molecule has 3 heterocycles. The average molecular weight is 346 g/mol. The zero-order chi connectivity index (χ0) is 17.8. The third-order valence-electron chi connectivity index (χ3n) is 3.78. The Hall–Kier alpha value is -3.88. The highest BCUT2D eigenvalue weighted by Gasteiger charge is 2.13. The number of aromatic nitrogens is 7. The third-order valence-corrected chi connectivity index (χ3v) is 3.78. The molecule has 9 heteroatoms. The quantitative estimate of drug-likeness (QED) is 0.582. The van der Waals surface area contributed by atoms with Crippen LogP contribution in [0.4, 0.5) is 0 Å². The van der Waals surface area contributed by atoms with Gasteiger partial charge in [0.15, 0.2) is 0 Å². The van der Waals surface area contributed by atoms with Crippen molar-refractivity contribution in [3.8, 4) is 11.5 Å². The lowest BCUT2D eigenvalue weighted by atomic mass is 10.1. The van der Waals surface area contributed by atoms with E-state index < -0.39 is 0 Å². The molecular formula is C17H14N8O. The minimum Gasteiger partial charge on any atom is -0.348 e. The van der Waals surface area contributed by atoms with Crippen LogP contribution in [0.25, 0.3) is 11.5 Å². The molecule has 0 aliphatic rings. The minimum absolute atomic E-state index is 0.211. The van der Waals surface area contributed by atoms with E-state index in [1.165, 1.54) is 11.0 Å². The summed E-state index contributed by atoms with van der Waals surface area (Å²) in [5.41, 5.74) is 2.03. The van der Waals surface area contributed by atoms with Crippen LogP contribution < -0.4 is 5.32 Å². The maximum Gasteiger partial charge on any atom is 0.253 e. The van der Waals surface area contributed by atoms with Gasteiger partial charge >= 0.3 is 0 Å². The number of para-hydroxylation sites is 1. The molecule has 4 aromatic rings. The van der Waals surface area contributed by atoms with Crippen molar-refractivity contribution in [2.24, 2.45) is 0 Å². The molecule has 0 fully saturated rings. The summed E-state index contributed by atoms with van der Waals surface area (Å²) in [4.78, 5) is 20.9. The largest absolute Gasteiger partial charge is 0.348 e. The Kier molecular flexibility index (Phi) is 4.17. The summed E-state index contributed by atoms with van der Waals surface area (Å²) in [6.45, 7) is 0.368. The number of rotatable bonds is 5. The van der Waals surface area contributed by atoms with E-state index in [9.17, 15) is 4.79 Å². The van der Waals surface area contributed by atoms with Gasteiger partial charge in [-0.2, -0.15) is 4.68 Å². The van der Waals surface area contributed by atoms with E-state index in [4.69, 9.17) is 0 Å². The Morgan fingerprint density at radius 1 is 1.12 bits per heavy atom. The van der Waals surface area contributed by atoms with Crippen LogP contribution in [0, 0.1) is 0 Å². The van der Waals surface area contributed by atoms with Gasteiger partial charge in [-0.25, -0.2) is 9.97 Å². The van der Waals surface area contributed by atoms with Crippen molar-refractivity contribution in [3.63, 3.8) is 0 Å². The summed E-state index contributed by atoms with van der Waals surface area (Å²) in [5.74, 6) is 0.528. The number of carbonyl (C=O) groups is 1. The van der Waals surface area contributed by atoms with E-state index in [1.807, 2.05) is 24.4 Å². The van der Waals surface area contributed by atoms with Crippen LogP contribution in [-0.4, -0.2) is 40.6 Å². The van der Waals surface area contributed by atoms with Crippen LogP contribution in [-0.2, 0) is 6.54 Å². The Bertz CT molecular complexity index is 1010. The van der Waals surface area contributed by atoms with Crippen molar-refractivity contribution >= 4 is 5.91 Å². The lowest BCUT2D eigenvalue weighted by Gasteiger charge is -2.10. The van der Waals surface area contributed by atoms with Gasteiger partial charge in [-0.15, -0.1) is 5.10 Å². The number of imidazole rings is 1. The Balaban J connectivity index is 1.51. The lowest BCUT2D eigenvalue weighted by molar-refractivity contribution is 0.0950. The number of nitrogens with one attached hydrogen (secondary N) is 1. The maximum atomic E-state index is 12.6. The van der Waals surface area contributed by atoms with Gasteiger partial charge < -0.3 is 5.32 Å². The number of benzene rings is 1. The minimum atomic E-state index is -0.211. The molecule has 0 atom stereocenters. The summed E-state index contributed by atoms with van der Waals surface area (Å²) in [6, 6.07) is 10.9. The molecule has 0 unspecified atom stereocenters. The van der Waals surface area contributed by atoms with Crippen molar-refractivity contribution < 1.29 is 4.79 Å². The molecule has 0 aliphatic heterocycles. The van der Waals surface area contributed by atoms with Crippen LogP contribution in [0.15, 0.2) is 67.6 Å². The topological polar surface area (TPSA) is 103 Å². The van der Waals surface area contributed by atoms with Gasteiger partial charge in [-0.3, -0.25) is 9.36 Å². The smallest absolute Gasteiger partial charge is 0.253 e. The molecule has 26 heavy (non-hydrogen) atoms. The number of carbonyl (C=O) groups excluding carboxylic acids is 1. The fourth-order valence-electron chi connectivity index (χ4n) is 2.52. The van der Waals surface area contributed by atoms with Gasteiger partial charge in [0.05, 0.1) is 11.3 Å². The predicted octanol–water partition coefficient (Wildman–Crippen LogP) is 1.17. The van der Waals surface area contributed by atoms with Crippen LogP contribution >= 0.6 is 0 Å². The van der Waals surface area contributed by atoms with Gasteiger partial charge in [0, 0.05) is 25.1 Å². The van der Waals surface area contributed by atoms with Gasteiger partial charge in [0.1, 0.15) is 18.5 Å². The molecule has 128 valence electrons. The lowest BCUT2D eigenvalue weighted by Crippen LogP contribution is -2.24. The first kappa shape index (κ1) is 15.6. The van der Waals surface area contributed by atoms with Crippen LogP contribution in [0.1, 0.15) is 15.9 Å². The van der Waals surface area contributed by atoms with E-state index in [0.717, 1.165) is 11.4 Å². The number of hydrogen-bond acceptors (Lipinski definition) is 6. The first-order valence-electron chi connectivity index (χ1n) is 7.85. The standard InChI is InChI=1S/C17H14N8O/c26-17(14-3-1-2-4-15(14)25-12-21-22-23-25)20-10-13-5-6-19-16(9-13)24-8-7-18-11-24/h1-9,11-12H,10H2,(H,20,26). The van der Waals surface area contributed by atoms with E-state index in [-0.39, 0.29) is 5.91 Å². The molecular weight excluding hydrogens is 332 g/mol. The SMILES string of the molecule is O=C(NCc1ccnc(-n2ccnc2)c1)c1ccccc1-n1cnnn1. The molecule has 3 aromatic heterocycles. The zero-order valence-corrected chi connectivity index (χ0v) is 13.6. The Morgan fingerprint density at radius 3 is 2.85 bits per heavy atom. The van der Waals surface area contributed by atoms with Crippen molar-refractivity contribution in [2.45, 2.75) is 6.54 Å². The second-order valence-electron chi connectivity index (χ2n) is 5.45. The number of nitrogens with zero attached hydrogens (tertiary/aromatic N) is 7. The second-order valence-corrected chi connectivity index (χ2v) is 5.45.